The molecule has 0 atom stereocenters. The molecule has 0 saturated carbocycles. The van der Waals surface area contributed by atoms with Gasteiger partial charge in [-0.1, -0.05) is 40.3 Å². The van der Waals surface area contributed by atoms with Crippen LogP contribution in [0.2, 0.25) is 0 Å². The summed E-state index contributed by atoms with van der Waals surface area (Å²) in [6.45, 7) is 2.50. The number of ether oxygens (including phenoxy) is 2. The SMILES string of the molecule is CCOc1ccccc1Oc1cc(Br)ccc1C(N)=S. The highest BCUT2D eigenvalue weighted by Gasteiger charge is 2.11. The summed E-state index contributed by atoms with van der Waals surface area (Å²) in [5, 5.41) is 0. The van der Waals surface area contributed by atoms with Crippen LogP contribution >= 0.6 is 28.1 Å². The fourth-order valence-electron chi connectivity index (χ4n) is 1.71. The van der Waals surface area contributed by atoms with Gasteiger partial charge < -0.3 is 15.2 Å². The number of halogens is 1. The normalized spacial score (nSPS) is 10.1. The molecule has 104 valence electrons. The topological polar surface area (TPSA) is 44.5 Å². The molecule has 0 aliphatic rings. The van der Waals surface area contributed by atoms with Crippen molar-refractivity contribution in [3.8, 4) is 17.2 Å². The van der Waals surface area contributed by atoms with Crippen molar-refractivity contribution < 1.29 is 9.47 Å². The predicted molar refractivity (Wildman–Crippen MR) is 87.7 cm³/mol. The molecule has 2 aromatic carbocycles. The Labute approximate surface area is 131 Å². The largest absolute Gasteiger partial charge is 0.490 e. The lowest BCUT2D eigenvalue weighted by Gasteiger charge is -2.14. The van der Waals surface area contributed by atoms with Crippen molar-refractivity contribution in [3.05, 3.63) is 52.5 Å². The van der Waals surface area contributed by atoms with E-state index < -0.39 is 0 Å². The van der Waals surface area contributed by atoms with Gasteiger partial charge in [0.15, 0.2) is 11.5 Å². The third kappa shape index (κ3) is 3.49. The molecule has 0 unspecified atom stereocenters. The molecule has 5 heteroatoms. The van der Waals surface area contributed by atoms with E-state index in [2.05, 4.69) is 15.9 Å². The van der Waals surface area contributed by atoms with Crippen molar-refractivity contribution >= 4 is 33.1 Å². The van der Waals surface area contributed by atoms with Gasteiger partial charge in [-0.05, 0) is 37.3 Å². The number of para-hydroxylation sites is 2. The first-order chi connectivity index (χ1) is 9.61. The highest BCUT2D eigenvalue weighted by molar-refractivity contribution is 9.10. The van der Waals surface area contributed by atoms with Crippen LogP contribution in [0.25, 0.3) is 0 Å². The maximum atomic E-state index is 5.91. The summed E-state index contributed by atoms with van der Waals surface area (Å²) in [5.74, 6) is 1.91. The lowest BCUT2D eigenvalue weighted by molar-refractivity contribution is 0.321. The molecule has 0 spiro atoms. The molecule has 20 heavy (non-hydrogen) atoms. The van der Waals surface area contributed by atoms with Crippen LogP contribution in [0.15, 0.2) is 46.9 Å². The Kier molecular flexibility index (Phi) is 4.98. The molecule has 0 saturated heterocycles. The van der Waals surface area contributed by atoms with E-state index in [1.54, 1.807) is 0 Å². The molecule has 0 amide bonds. The number of hydrogen-bond acceptors (Lipinski definition) is 3. The van der Waals surface area contributed by atoms with Crippen LogP contribution in [0.1, 0.15) is 12.5 Å². The maximum absolute atomic E-state index is 5.91. The minimum Gasteiger partial charge on any atom is -0.490 e. The van der Waals surface area contributed by atoms with E-state index in [1.165, 1.54) is 0 Å². The number of rotatable bonds is 5. The number of thiocarbonyl (C=S) groups is 1. The van der Waals surface area contributed by atoms with Gasteiger partial charge >= 0.3 is 0 Å². The van der Waals surface area contributed by atoms with Crippen LogP contribution in [-0.4, -0.2) is 11.6 Å². The molecule has 0 heterocycles. The summed E-state index contributed by atoms with van der Waals surface area (Å²) in [7, 11) is 0. The molecule has 0 radical (unpaired) electrons. The summed E-state index contributed by atoms with van der Waals surface area (Å²) in [4.78, 5) is 0.293. The lowest BCUT2D eigenvalue weighted by atomic mass is 10.2. The standard InChI is InChI=1S/C15H14BrNO2S/c1-2-18-12-5-3-4-6-13(12)19-14-9-10(16)7-8-11(14)15(17)20/h3-9H,2H2,1H3,(H2,17,20). The molecule has 2 rings (SSSR count). The van der Waals surface area contributed by atoms with Gasteiger partial charge in [-0.2, -0.15) is 0 Å². The molecule has 0 aliphatic heterocycles. The molecule has 2 aromatic rings. The molecule has 3 nitrogen and oxygen atoms in total. The molecule has 0 bridgehead atoms. The monoisotopic (exact) mass is 351 g/mol. The third-order valence-corrected chi connectivity index (χ3v) is 3.29. The zero-order valence-corrected chi connectivity index (χ0v) is 13.3. The van der Waals surface area contributed by atoms with Gasteiger partial charge in [-0.25, -0.2) is 0 Å². The van der Waals surface area contributed by atoms with Crippen LogP contribution in [0.4, 0.5) is 0 Å². The van der Waals surface area contributed by atoms with E-state index in [9.17, 15) is 0 Å². The first-order valence-electron chi connectivity index (χ1n) is 6.11. The number of nitrogens with two attached hydrogens (primary N) is 1. The van der Waals surface area contributed by atoms with Gasteiger partial charge in [0.25, 0.3) is 0 Å². The van der Waals surface area contributed by atoms with E-state index in [0.717, 1.165) is 4.47 Å². The Balaban J connectivity index is 2.39. The summed E-state index contributed by atoms with van der Waals surface area (Å²) >= 11 is 8.46. The fraction of sp³-hybridized carbons (Fsp3) is 0.133. The van der Waals surface area contributed by atoms with Gasteiger partial charge in [0, 0.05) is 4.47 Å². The van der Waals surface area contributed by atoms with Crippen LogP contribution in [-0.2, 0) is 0 Å². The first kappa shape index (κ1) is 14.8. The molecule has 2 N–H and O–H groups in total. The van der Waals surface area contributed by atoms with Crippen LogP contribution in [0.3, 0.4) is 0 Å². The van der Waals surface area contributed by atoms with E-state index >= 15 is 0 Å². The minimum atomic E-state index is 0.293. The summed E-state index contributed by atoms with van der Waals surface area (Å²) in [6.07, 6.45) is 0. The third-order valence-electron chi connectivity index (χ3n) is 2.58. The zero-order valence-electron chi connectivity index (χ0n) is 10.9. The van der Waals surface area contributed by atoms with Gasteiger partial charge in [-0.15, -0.1) is 0 Å². The Morgan fingerprint density at radius 1 is 1.15 bits per heavy atom. The lowest BCUT2D eigenvalue weighted by Crippen LogP contribution is -2.10. The molecule has 0 fully saturated rings. The quantitative estimate of drug-likeness (QED) is 0.816. The van der Waals surface area contributed by atoms with E-state index in [-0.39, 0.29) is 0 Å². The second kappa shape index (κ2) is 6.72. The van der Waals surface area contributed by atoms with Crippen molar-refractivity contribution in [2.45, 2.75) is 6.92 Å². The van der Waals surface area contributed by atoms with Gasteiger partial charge in [0.2, 0.25) is 0 Å². The minimum absolute atomic E-state index is 0.293. The van der Waals surface area contributed by atoms with E-state index in [0.29, 0.717) is 34.4 Å². The molecule has 0 aliphatic carbocycles. The van der Waals surface area contributed by atoms with Crippen molar-refractivity contribution in [1.29, 1.82) is 0 Å². The zero-order chi connectivity index (χ0) is 14.5. The smallest absolute Gasteiger partial charge is 0.169 e. The summed E-state index contributed by atoms with van der Waals surface area (Å²) < 4.78 is 12.3. The fourth-order valence-corrected chi connectivity index (χ4v) is 2.22. The molecular weight excluding hydrogens is 338 g/mol. The van der Waals surface area contributed by atoms with Crippen molar-refractivity contribution in [2.24, 2.45) is 5.73 Å². The average Bonchev–Trinajstić information content (AvgIpc) is 2.41. The second-order valence-corrected chi connectivity index (χ2v) is 5.34. The van der Waals surface area contributed by atoms with E-state index in [4.69, 9.17) is 27.4 Å². The second-order valence-electron chi connectivity index (χ2n) is 3.99. The first-order valence-corrected chi connectivity index (χ1v) is 7.31. The van der Waals surface area contributed by atoms with Crippen LogP contribution in [0.5, 0.6) is 17.2 Å². The van der Waals surface area contributed by atoms with Crippen molar-refractivity contribution in [1.82, 2.24) is 0 Å². The van der Waals surface area contributed by atoms with Gasteiger partial charge in [0.05, 0.1) is 12.2 Å². The molecule has 0 aromatic heterocycles. The van der Waals surface area contributed by atoms with Crippen molar-refractivity contribution in [2.75, 3.05) is 6.61 Å². The Morgan fingerprint density at radius 2 is 1.85 bits per heavy atom. The van der Waals surface area contributed by atoms with Crippen molar-refractivity contribution in [3.63, 3.8) is 0 Å². The predicted octanol–water partition coefficient (Wildman–Crippen LogP) is 4.27. The Morgan fingerprint density at radius 3 is 2.50 bits per heavy atom. The van der Waals surface area contributed by atoms with Crippen LogP contribution in [0, 0.1) is 0 Å². The Bertz CT molecular complexity index is 631. The average molecular weight is 352 g/mol. The number of hydrogen-bond donors (Lipinski definition) is 1. The highest BCUT2D eigenvalue weighted by Crippen LogP contribution is 2.34. The van der Waals surface area contributed by atoms with Crippen LogP contribution < -0.4 is 15.2 Å². The van der Waals surface area contributed by atoms with Gasteiger partial charge in [0.1, 0.15) is 10.7 Å². The Hall–Kier alpha value is -1.59. The van der Waals surface area contributed by atoms with E-state index in [1.807, 2.05) is 49.4 Å². The summed E-state index contributed by atoms with van der Waals surface area (Å²) in [6, 6.07) is 13.0. The number of benzene rings is 2. The highest BCUT2D eigenvalue weighted by atomic mass is 79.9. The van der Waals surface area contributed by atoms with Gasteiger partial charge in [-0.3, -0.25) is 0 Å². The summed E-state index contributed by atoms with van der Waals surface area (Å²) in [5.41, 5.74) is 6.41. The maximum Gasteiger partial charge on any atom is 0.169 e. The molecular formula is C15H14BrNO2S.